The van der Waals surface area contributed by atoms with E-state index in [-0.39, 0.29) is 17.6 Å². The van der Waals surface area contributed by atoms with Gasteiger partial charge in [0.15, 0.2) is 5.12 Å². The molecule has 82 valence electrons. The van der Waals surface area contributed by atoms with Gasteiger partial charge in [0.2, 0.25) is 0 Å². The molecule has 0 radical (unpaired) electrons. The van der Waals surface area contributed by atoms with E-state index in [1.54, 1.807) is 12.1 Å². The fourth-order valence-electron chi connectivity index (χ4n) is 1.18. The quantitative estimate of drug-likeness (QED) is 0.736. The minimum Gasteiger partial charge on any atom is -0.287 e. The molecule has 1 aromatic rings. The summed E-state index contributed by atoms with van der Waals surface area (Å²) in [5, 5.41) is 0.447. The first-order chi connectivity index (χ1) is 7.00. The lowest BCUT2D eigenvalue weighted by Crippen LogP contribution is -2.13. The molecule has 0 fully saturated rings. The molecule has 1 aromatic carbocycles. The molecule has 0 bridgehead atoms. The lowest BCUT2D eigenvalue weighted by atomic mass is 10.1. The van der Waals surface area contributed by atoms with Crippen LogP contribution in [0.4, 0.5) is 0 Å². The summed E-state index contributed by atoms with van der Waals surface area (Å²) in [4.78, 5) is 10.9. The van der Waals surface area contributed by atoms with Crippen LogP contribution in [-0.4, -0.2) is 8.83 Å². The Morgan fingerprint density at radius 3 is 2.27 bits per heavy atom. The highest BCUT2D eigenvalue weighted by atomic mass is 35.5. The van der Waals surface area contributed by atoms with E-state index in [9.17, 15) is 4.79 Å². The van der Waals surface area contributed by atoms with Crippen molar-refractivity contribution in [3.63, 3.8) is 0 Å². The summed E-state index contributed by atoms with van der Waals surface area (Å²) in [6, 6.07) is 6.99. The monoisotopic (exact) mass is 279 g/mol. The predicted octanol–water partition coefficient (Wildman–Crippen LogP) is 3.22. The number of halogens is 1. The SMILES string of the molecule is O=C(S)CC(c1ccc(Cl)cc1)N(S)S. The van der Waals surface area contributed by atoms with Crippen LogP contribution >= 0.6 is 49.9 Å². The lowest BCUT2D eigenvalue weighted by Gasteiger charge is -2.20. The molecule has 1 rings (SSSR count). The van der Waals surface area contributed by atoms with Gasteiger partial charge in [-0.1, -0.05) is 49.4 Å². The van der Waals surface area contributed by atoms with E-state index in [2.05, 4.69) is 38.3 Å². The Kier molecular flexibility index (Phi) is 5.35. The molecule has 0 spiro atoms. The molecule has 6 heteroatoms. The highest BCUT2D eigenvalue weighted by Gasteiger charge is 2.17. The average Bonchev–Trinajstić information content (AvgIpc) is 2.15. The van der Waals surface area contributed by atoms with Crippen LogP contribution in [0.5, 0.6) is 0 Å². The van der Waals surface area contributed by atoms with Crippen molar-refractivity contribution in [2.24, 2.45) is 0 Å². The first kappa shape index (κ1) is 13.3. The summed E-state index contributed by atoms with van der Waals surface area (Å²) in [5.74, 6) is 0. The van der Waals surface area contributed by atoms with Gasteiger partial charge in [0, 0.05) is 11.4 Å². The predicted molar refractivity (Wildman–Crippen MR) is 72.6 cm³/mol. The third kappa shape index (κ3) is 4.28. The van der Waals surface area contributed by atoms with Crippen molar-refractivity contribution >= 4 is 55.0 Å². The van der Waals surface area contributed by atoms with E-state index in [4.69, 9.17) is 11.6 Å². The molecule has 0 amide bonds. The first-order valence-corrected chi connectivity index (χ1v) is 5.77. The fourth-order valence-corrected chi connectivity index (χ4v) is 1.91. The first-order valence-electron chi connectivity index (χ1n) is 4.15. The second-order valence-corrected chi connectivity index (χ2v) is 5.10. The molecule has 0 aliphatic rings. The minimum atomic E-state index is -0.209. The van der Waals surface area contributed by atoms with Gasteiger partial charge in [0.25, 0.3) is 0 Å². The van der Waals surface area contributed by atoms with Crippen molar-refractivity contribution in [2.75, 3.05) is 0 Å². The molecule has 0 saturated heterocycles. The molecule has 1 atom stereocenters. The molecule has 0 heterocycles. The molecule has 15 heavy (non-hydrogen) atoms. The number of nitrogens with zero attached hydrogens (tertiary/aromatic N) is 1. The smallest absolute Gasteiger partial charge is 0.187 e. The molecule has 0 N–H and O–H groups in total. The number of benzene rings is 1. The molecule has 0 aliphatic carbocycles. The van der Waals surface area contributed by atoms with E-state index in [0.717, 1.165) is 5.56 Å². The summed E-state index contributed by atoms with van der Waals surface area (Å²) < 4.78 is 1.39. The Bertz CT molecular complexity index is 342. The summed E-state index contributed by atoms with van der Waals surface area (Å²) in [7, 11) is 0. The third-order valence-corrected chi connectivity index (χ3v) is 2.89. The Morgan fingerprint density at radius 1 is 1.33 bits per heavy atom. The summed E-state index contributed by atoms with van der Waals surface area (Å²) in [6.07, 6.45) is 0.248. The summed E-state index contributed by atoms with van der Waals surface area (Å²) in [5.41, 5.74) is 0.923. The van der Waals surface area contributed by atoms with Crippen LogP contribution in [0.3, 0.4) is 0 Å². The van der Waals surface area contributed by atoms with Gasteiger partial charge < -0.3 is 0 Å². The van der Waals surface area contributed by atoms with Crippen LogP contribution in [-0.2, 0) is 4.79 Å². The van der Waals surface area contributed by atoms with Crippen LogP contribution in [0.1, 0.15) is 18.0 Å². The maximum absolute atomic E-state index is 10.9. The Morgan fingerprint density at radius 2 is 1.87 bits per heavy atom. The van der Waals surface area contributed by atoms with Gasteiger partial charge in [-0.25, -0.2) is 0 Å². The number of thiol groups is 3. The van der Waals surface area contributed by atoms with Crippen LogP contribution in [0.25, 0.3) is 0 Å². The van der Waals surface area contributed by atoms with E-state index < -0.39 is 0 Å². The number of hydrogen-bond donors (Lipinski definition) is 3. The van der Waals surface area contributed by atoms with Crippen molar-refractivity contribution in [3.8, 4) is 0 Å². The zero-order valence-electron chi connectivity index (χ0n) is 7.67. The largest absolute Gasteiger partial charge is 0.287 e. The van der Waals surface area contributed by atoms with Gasteiger partial charge in [-0.2, -0.15) is 3.71 Å². The molecule has 0 aromatic heterocycles. The highest BCUT2D eigenvalue weighted by Crippen LogP contribution is 2.28. The van der Waals surface area contributed by atoms with Crippen LogP contribution in [0, 0.1) is 0 Å². The van der Waals surface area contributed by atoms with E-state index in [1.807, 2.05) is 12.1 Å². The van der Waals surface area contributed by atoms with Gasteiger partial charge >= 0.3 is 0 Å². The molecule has 0 aliphatic heterocycles. The highest BCUT2D eigenvalue weighted by molar-refractivity contribution is 7.96. The molecule has 0 saturated carbocycles. The maximum atomic E-state index is 10.9. The van der Waals surface area contributed by atoms with Gasteiger partial charge in [-0.15, -0.1) is 12.6 Å². The Labute approximate surface area is 110 Å². The number of carbonyl (C=O) groups excluding carboxylic acids is 1. The Hall–Kier alpha value is 0.190. The number of hydrogen-bond acceptors (Lipinski definition) is 4. The van der Waals surface area contributed by atoms with Crippen molar-refractivity contribution in [1.29, 1.82) is 0 Å². The van der Waals surface area contributed by atoms with Gasteiger partial charge in [-0.3, -0.25) is 4.79 Å². The second kappa shape index (κ2) is 6.06. The van der Waals surface area contributed by atoms with E-state index >= 15 is 0 Å². The molecule has 1 unspecified atom stereocenters. The van der Waals surface area contributed by atoms with Gasteiger partial charge in [0.1, 0.15) is 0 Å². The minimum absolute atomic E-state index is 0.206. The van der Waals surface area contributed by atoms with Crippen molar-refractivity contribution in [1.82, 2.24) is 3.71 Å². The average molecular weight is 280 g/mol. The fraction of sp³-hybridized carbons (Fsp3) is 0.222. The second-order valence-electron chi connectivity index (χ2n) is 2.99. The maximum Gasteiger partial charge on any atom is 0.187 e. The lowest BCUT2D eigenvalue weighted by molar-refractivity contribution is -0.111. The van der Waals surface area contributed by atoms with Crippen LogP contribution in [0.2, 0.25) is 5.02 Å². The van der Waals surface area contributed by atoms with Gasteiger partial charge in [-0.05, 0) is 17.7 Å². The third-order valence-electron chi connectivity index (χ3n) is 1.90. The molecular weight excluding hydrogens is 270 g/mol. The van der Waals surface area contributed by atoms with Crippen LogP contribution in [0.15, 0.2) is 24.3 Å². The zero-order chi connectivity index (χ0) is 11.4. The zero-order valence-corrected chi connectivity index (χ0v) is 11.1. The number of carbonyl (C=O) groups is 1. The van der Waals surface area contributed by atoms with Gasteiger partial charge in [0.05, 0.1) is 6.04 Å². The number of rotatable bonds is 4. The normalized spacial score (nSPS) is 12.9. The molecule has 2 nitrogen and oxygen atoms in total. The Balaban J connectivity index is 2.88. The van der Waals surface area contributed by atoms with E-state index in [1.165, 1.54) is 3.71 Å². The van der Waals surface area contributed by atoms with Crippen molar-refractivity contribution in [3.05, 3.63) is 34.9 Å². The van der Waals surface area contributed by atoms with E-state index in [0.29, 0.717) is 5.02 Å². The van der Waals surface area contributed by atoms with Crippen molar-refractivity contribution in [2.45, 2.75) is 12.5 Å². The van der Waals surface area contributed by atoms with Crippen molar-refractivity contribution < 1.29 is 4.79 Å². The summed E-state index contributed by atoms with van der Waals surface area (Å²) >= 11 is 17.7. The topological polar surface area (TPSA) is 20.3 Å². The van der Waals surface area contributed by atoms with Crippen LogP contribution < -0.4 is 0 Å². The standard InChI is InChI=1S/C9H10ClNOS3/c10-7-3-1-6(2-4-7)8(11(14)15)5-9(12)13/h1-4,8,14-15H,5H2,(H,12,13). The summed E-state index contributed by atoms with van der Waals surface area (Å²) in [6.45, 7) is 0. The molecular formula is C9H10ClNOS3.